The number of amides is 1. The normalized spacial score (nSPS) is 29.3. The summed E-state index contributed by atoms with van der Waals surface area (Å²) in [6, 6.07) is 10.2. The van der Waals surface area contributed by atoms with Gasteiger partial charge in [0.2, 0.25) is 5.91 Å². The molecule has 0 spiro atoms. The zero-order valence-electron chi connectivity index (χ0n) is 22.3. The van der Waals surface area contributed by atoms with Crippen LogP contribution in [-0.4, -0.2) is 71.4 Å². The lowest BCUT2D eigenvalue weighted by molar-refractivity contribution is -0.173. The Kier molecular flexibility index (Phi) is 6.32. The van der Waals surface area contributed by atoms with E-state index in [2.05, 4.69) is 44.0 Å². The highest BCUT2D eigenvalue weighted by atomic mass is 16.5. The van der Waals surface area contributed by atoms with Crippen molar-refractivity contribution in [2.75, 3.05) is 27.7 Å². The van der Waals surface area contributed by atoms with E-state index in [0.717, 1.165) is 43.4 Å². The molecule has 5 rings (SSSR count). The van der Waals surface area contributed by atoms with Crippen LogP contribution in [0.25, 0.3) is 0 Å². The van der Waals surface area contributed by atoms with Crippen molar-refractivity contribution in [1.82, 2.24) is 9.80 Å². The summed E-state index contributed by atoms with van der Waals surface area (Å²) in [5.74, 6) is 0.743. The molecular weight excluding hydrogens is 452 g/mol. The van der Waals surface area contributed by atoms with Crippen molar-refractivity contribution >= 4 is 5.91 Å². The number of aryl methyl sites for hydroxylation is 3. The highest BCUT2D eigenvalue weighted by Gasteiger charge is 2.65. The van der Waals surface area contributed by atoms with Gasteiger partial charge in [0, 0.05) is 36.5 Å². The topological polar surface area (TPSA) is 73.2 Å². The zero-order valence-corrected chi connectivity index (χ0v) is 22.3. The first-order valence-electron chi connectivity index (χ1n) is 13.2. The zero-order chi connectivity index (χ0) is 25.8. The predicted octanol–water partition coefficient (Wildman–Crippen LogP) is 3.89. The van der Waals surface area contributed by atoms with Crippen LogP contribution >= 0.6 is 0 Å². The van der Waals surface area contributed by atoms with E-state index in [-0.39, 0.29) is 23.7 Å². The van der Waals surface area contributed by atoms with E-state index in [1.165, 1.54) is 16.7 Å². The summed E-state index contributed by atoms with van der Waals surface area (Å²) in [6.45, 7) is 5.08. The third-order valence-corrected chi connectivity index (χ3v) is 9.71. The van der Waals surface area contributed by atoms with Gasteiger partial charge in [-0.05, 0) is 94.3 Å². The number of carbonyl (C=O) groups excluding carboxylic acids is 1. The Morgan fingerprint density at radius 2 is 1.97 bits per heavy atom. The number of aliphatic hydroxyl groups is 1. The molecule has 4 atom stereocenters. The molecule has 1 aliphatic heterocycles. The van der Waals surface area contributed by atoms with Crippen molar-refractivity contribution in [3.63, 3.8) is 0 Å². The molecule has 0 aromatic heterocycles. The summed E-state index contributed by atoms with van der Waals surface area (Å²) >= 11 is 0. The number of aromatic hydroxyl groups is 1. The molecule has 3 aliphatic rings. The lowest BCUT2D eigenvalue weighted by Gasteiger charge is -2.64. The second kappa shape index (κ2) is 9.07. The van der Waals surface area contributed by atoms with E-state index < -0.39 is 11.0 Å². The number of likely N-dealkylation sites (tertiary alicyclic amines) is 1. The molecule has 36 heavy (non-hydrogen) atoms. The van der Waals surface area contributed by atoms with Gasteiger partial charge in [0.15, 0.2) is 11.5 Å². The van der Waals surface area contributed by atoms with Crippen molar-refractivity contribution < 1.29 is 19.7 Å². The van der Waals surface area contributed by atoms with Gasteiger partial charge in [-0.25, -0.2) is 0 Å². The molecule has 2 bridgehead atoms. The number of benzene rings is 2. The molecule has 1 amide bonds. The van der Waals surface area contributed by atoms with E-state index >= 15 is 0 Å². The minimum Gasteiger partial charge on any atom is -0.504 e. The smallest absolute Gasteiger partial charge is 0.222 e. The van der Waals surface area contributed by atoms with Gasteiger partial charge in [-0.3, -0.25) is 4.79 Å². The van der Waals surface area contributed by atoms with Gasteiger partial charge >= 0.3 is 0 Å². The van der Waals surface area contributed by atoms with Crippen molar-refractivity contribution in [1.29, 1.82) is 0 Å². The second-order valence-electron chi connectivity index (χ2n) is 11.4. The number of fused-ring (bicyclic) bond motifs is 1. The summed E-state index contributed by atoms with van der Waals surface area (Å²) in [7, 11) is 5.61. The molecule has 1 saturated heterocycles. The average Bonchev–Trinajstić information content (AvgIpc) is 2.86. The first-order chi connectivity index (χ1) is 17.1. The van der Waals surface area contributed by atoms with E-state index in [1.54, 1.807) is 13.2 Å². The number of ether oxygens (including phenoxy) is 1. The molecule has 6 heteroatoms. The molecule has 1 unspecified atom stereocenters. The molecule has 1 saturated carbocycles. The summed E-state index contributed by atoms with van der Waals surface area (Å²) in [5, 5.41) is 23.0. The van der Waals surface area contributed by atoms with Crippen molar-refractivity contribution in [2.45, 2.75) is 81.9 Å². The number of carbonyl (C=O) groups is 1. The molecular formula is C30H40N2O4. The van der Waals surface area contributed by atoms with Crippen molar-refractivity contribution in [2.24, 2.45) is 0 Å². The highest BCUT2D eigenvalue weighted by Crippen LogP contribution is 2.61. The predicted molar refractivity (Wildman–Crippen MR) is 141 cm³/mol. The highest BCUT2D eigenvalue weighted by molar-refractivity contribution is 5.76. The molecule has 2 fully saturated rings. The van der Waals surface area contributed by atoms with Gasteiger partial charge < -0.3 is 24.7 Å². The third-order valence-electron chi connectivity index (χ3n) is 9.71. The summed E-state index contributed by atoms with van der Waals surface area (Å²) in [6.07, 6.45) is 4.76. The number of hydrogen-bond acceptors (Lipinski definition) is 5. The van der Waals surface area contributed by atoms with Crippen LogP contribution in [-0.2, 0) is 23.1 Å². The maximum absolute atomic E-state index is 13.3. The standard InChI is InChI=1S/C30H40N2O4/c1-19-6-7-21(16-20(19)2)8-11-26(34)32(4)23-12-13-30(35)25-17-22-9-10-24(33)28(36-5)27(22)29(30,18-23)14-15-31(25)3/h6-7,9-10,16,23,25,33,35H,8,11-15,17-18H2,1-5H3/t23?,25-,29-,30-/m1/s1. The first kappa shape index (κ1) is 25.1. The number of likely N-dealkylation sites (N-methyl/N-ethyl adjacent to an activating group) is 1. The molecule has 194 valence electrons. The van der Waals surface area contributed by atoms with Crippen molar-refractivity contribution in [3.05, 3.63) is 58.1 Å². The molecule has 2 aromatic carbocycles. The lowest BCUT2D eigenvalue weighted by atomic mass is 9.48. The van der Waals surface area contributed by atoms with Gasteiger partial charge in [-0.15, -0.1) is 0 Å². The van der Waals surface area contributed by atoms with E-state index in [0.29, 0.717) is 25.0 Å². The number of piperidine rings is 1. The Hall–Kier alpha value is -2.57. The number of phenolic OH excluding ortho intramolecular Hbond substituents is 1. The Labute approximate surface area is 214 Å². The fourth-order valence-electron chi connectivity index (χ4n) is 7.41. The molecule has 2 aliphatic carbocycles. The SMILES string of the molecule is COc1c(O)ccc2c1[C@]13CCN(C)[C@H](C2)[C@]1(O)CCC(N(C)C(=O)CCc1ccc(C)c(C)c1)C3. The summed E-state index contributed by atoms with van der Waals surface area (Å²) in [4.78, 5) is 17.6. The van der Waals surface area contributed by atoms with Gasteiger partial charge in [-0.2, -0.15) is 0 Å². The Morgan fingerprint density at radius 1 is 1.19 bits per heavy atom. The second-order valence-corrected chi connectivity index (χ2v) is 11.4. The minimum atomic E-state index is -0.923. The number of methoxy groups -OCH3 is 1. The lowest BCUT2D eigenvalue weighted by Crippen LogP contribution is -2.73. The molecule has 6 nitrogen and oxygen atoms in total. The van der Waals surface area contributed by atoms with Crippen LogP contribution in [0.4, 0.5) is 0 Å². The minimum absolute atomic E-state index is 0.0136. The summed E-state index contributed by atoms with van der Waals surface area (Å²) < 4.78 is 5.74. The van der Waals surface area contributed by atoms with Crippen molar-refractivity contribution in [3.8, 4) is 11.5 Å². The monoisotopic (exact) mass is 492 g/mol. The van der Waals surface area contributed by atoms with Crippen LogP contribution in [0.3, 0.4) is 0 Å². The van der Waals surface area contributed by atoms with Gasteiger partial charge in [-0.1, -0.05) is 24.3 Å². The maximum atomic E-state index is 13.3. The molecule has 2 N–H and O–H groups in total. The van der Waals surface area contributed by atoms with Gasteiger partial charge in [0.25, 0.3) is 0 Å². The van der Waals surface area contributed by atoms with Crippen LogP contribution in [0.2, 0.25) is 0 Å². The Balaban J connectivity index is 1.43. The quantitative estimate of drug-likeness (QED) is 0.663. The Bertz CT molecular complexity index is 1180. The van der Waals surface area contributed by atoms with Crippen LogP contribution in [0.5, 0.6) is 11.5 Å². The first-order valence-corrected chi connectivity index (χ1v) is 13.2. The van der Waals surface area contributed by atoms with E-state index in [9.17, 15) is 15.0 Å². The largest absolute Gasteiger partial charge is 0.504 e. The summed E-state index contributed by atoms with van der Waals surface area (Å²) in [5.41, 5.74) is 4.32. The van der Waals surface area contributed by atoms with Crippen LogP contribution in [0, 0.1) is 13.8 Å². The number of nitrogens with zero attached hydrogens (tertiary/aromatic N) is 2. The van der Waals surface area contributed by atoms with Gasteiger partial charge in [0.1, 0.15) is 0 Å². The number of phenols is 1. The maximum Gasteiger partial charge on any atom is 0.222 e. The van der Waals surface area contributed by atoms with E-state index in [4.69, 9.17) is 4.74 Å². The number of rotatable bonds is 5. The molecule has 1 heterocycles. The molecule has 2 aromatic rings. The van der Waals surface area contributed by atoms with Gasteiger partial charge in [0.05, 0.1) is 12.7 Å². The average molecular weight is 493 g/mol. The third kappa shape index (κ3) is 3.72. The fraction of sp³-hybridized carbons (Fsp3) is 0.567. The van der Waals surface area contributed by atoms with Crippen LogP contribution < -0.4 is 4.74 Å². The molecule has 0 radical (unpaired) electrons. The van der Waals surface area contributed by atoms with Crippen LogP contribution in [0.15, 0.2) is 30.3 Å². The van der Waals surface area contributed by atoms with Crippen LogP contribution in [0.1, 0.15) is 59.9 Å². The Morgan fingerprint density at radius 3 is 2.69 bits per heavy atom. The van der Waals surface area contributed by atoms with E-state index in [1.807, 2.05) is 18.0 Å². The fourth-order valence-corrected chi connectivity index (χ4v) is 7.41. The number of hydrogen-bond donors (Lipinski definition) is 2.